The van der Waals surface area contributed by atoms with Crippen LogP contribution in [0.5, 0.6) is 0 Å². The highest BCUT2D eigenvalue weighted by Gasteiger charge is 2.14. The van der Waals surface area contributed by atoms with Gasteiger partial charge in [-0.3, -0.25) is 0 Å². The molecular formula is C13H8BrClF2O. The fraction of sp³-hybridized carbons (Fsp3) is 0.0769. The van der Waals surface area contributed by atoms with Crippen LogP contribution in [0.25, 0.3) is 0 Å². The van der Waals surface area contributed by atoms with Crippen molar-refractivity contribution in [1.29, 1.82) is 0 Å². The van der Waals surface area contributed by atoms with Gasteiger partial charge in [-0.1, -0.05) is 33.6 Å². The van der Waals surface area contributed by atoms with Crippen LogP contribution in [0.1, 0.15) is 17.2 Å². The Bertz CT molecular complexity index is 569. The zero-order valence-corrected chi connectivity index (χ0v) is 11.3. The molecule has 1 N–H and O–H groups in total. The Kier molecular flexibility index (Phi) is 4.00. The van der Waals surface area contributed by atoms with Crippen LogP contribution in [0.4, 0.5) is 8.78 Å². The molecule has 2 aromatic carbocycles. The predicted molar refractivity (Wildman–Crippen MR) is 69.6 cm³/mol. The molecule has 1 atom stereocenters. The molecule has 2 aromatic rings. The van der Waals surface area contributed by atoms with Crippen LogP contribution in [0.2, 0.25) is 5.02 Å². The van der Waals surface area contributed by atoms with Gasteiger partial charge in [0.2, 0.25) is 0 Å². The van der Waals surface area contributed by atoms with Crippen molar-refractivity contribution in [2.75, 3.05) is 0 Å². The quantitative estimate of drug-likeness (QED) is 0.860. The Morgan fingerprint density at radius 3 is 2.33 bits per heavy atom. The van der Waals surface area contributed by atoms with Crippen LogP contribution in [0.15, 0.2) is 40.9 Å². The molecule has 0 aliphatic carbocycles. The summed E-state index contributed by atoms with van der Waals surface area (Å²) >= 11 is 9.11. The van der Waals surface area contributed by atoms with Crippen molar-refractivity contribution >= 4 is 27.5 Å². The van der Waals surface area contributed by atoms with E-state index in [2.05, 4.69) is 15.9 Å². The van der Waals surface area contributed by atoms with Gasteiger partial charge in [-0.15, -0.1) is 0 Å². The van der Waals surface area contributed by atoms with Gasteiger partial charge >= 0.3 is 0 Å². The smallest absolute Gasteiger partial charge is 0.159 e. The Hall–Kier alpha value is -0.970. The highest BCUT2D eigenvalue weighted by molar-refractivity contribution is 9.10. The molecule has 1 unspecified atom stereocenters. The van der Waals surface area contributed by atoms with Gasteiger partial charge in [0.25, 0.3) is 0 Å². The number of aliphatic hydroxyl groups excluding tert-OH is 1. The second kappa shape index (κ2) is 5.34. The molecule has 1 nitrogen and oxygen atoms in total. The van der Waals surface area contributed by atoms with E-state index in [1.807, 2.05) is 0 Å². The number of hydrogen-bond acceptors (Lipinski definition) is 1. The van der Waals surface area contributed by atoms with Crippen LogP contribution in [-0.2, 0) is 0 Å². The lowest BCUT2D eigenvalue weighted by atomic mass is 10.0. The van der Waals surface area contributed by atoms with Crippen molar-refractivity contribution in [3.63, 3.8) is 0 Å². The maximum Gasteiger partial charge on any atom is 0.159 e. The summed E-state index contributed by atoms with van der Waals surface area (Å²) in [5, 5.41) is 10.5. The van der Waals surface area contributed by atoms with E-state index >= 15 is 0 Å². The van der Waals surface area contributed by atoms with Gasteiger partial charge in [-0.2, -0.15) is 0 Å². The van der Waals surface area contributed by atoms with E-state index < -0.39 is 17.7 Å². The zero-order chi connectivity index (χ0) is 13.3. The Balaban J connectivity index is 2.40. The van der Waals surface area contributed by atoms with E-state index in [4.69, 9.17) is 11.6 Å². The van der Waals surface area contributed by atoms with E-state index in [0.29, 0.717) is 15.1 Å². The molecular weight excluding hydrogens is 325 g/mol. The van der Waals surface area contributed by atoms with Gasteiger partial charge in [-0.05, 0) is 41.5 Å². The Labute approximate surface area is 116 Å². The van der Waals surface area contributed by atoms with E-state index in [0.717, 1.165) is 12.1 Å². The van der Waals surface area contributed by atoms with Crippen molar-refractivity contribution in [1.82, 2.24) is 0 Å². The fourth-order valence-electron chi connectivity index (χ4n) is 1.61. The highest BCUT2D eigenvalue weighted by Crippen LogP contribution is 2.28. The monoisotopic (exact) mass is 332 g/mol. The second-order valence-corrected chi connectivity index (χ2v) is 5.13. The third-order valence-corrected chi connectivity index (χ3v) is 3.14. The lowest BCUT2D eigenvalue weighted by Crippen LogP contribution is -2.01. The molecule has 0 radical (unpaired) electrons. The molecule has 0 amide bonds. The van der Waals surface area contributed by atoms with E-state index in [1.165, 1.54) is 6.07 Å². The largest absolute Gasteiger partial charge is 0.384 e. The first-order chi connectivity index (χ1) is 8.47. The van der Waals surface area contributed by atoms with Gasteiger partial charge < -0.3 is 5.11 Å². The minimum absolute atomic E-state index is 0.267. The van der Waals surface area contributed by atoms with Crippen molar-refractivity contribution in [3.8, 4) is 0 Å². The van der Waals surface area contributed by atoms with Gasteiger partial charge in [0.15, 0.2) is 11.6 Å². The SMILES string of the molecule is OC(c1cc(Cl)cc(Br)c1)c1ccc(F)c(F)c1. The molecule has 0 bridgehead atoms. The molecule has 0 aliphatic rings. The van der Waals surface area contributed by atoms with Crippen LogP contribution >= 0.6 is 27.5 Å². The van der Waals surface area contributed by atoms with Gasteiger partial charge in [0.05, 0.1) is 0 Å². The summed E-state index contributed by atoms with van der Waals surface area (Å²) in [5.41, 5.74) is 0.767. The summed E-state index contributed by atoms with van der Waals surface area (Å²) in [4.78, 5) is 0. The lowest BCUT2D eigenvalue weighted by Gasteiger charge is -2.12. The number of rotatable bonds is 2. The first-order valence-electron chi connectivity index (χ1n) is 5.06. The minimum atomic E-state index is -1.06. The molecule has 0 saturated heterocycles. The molecule has 18 heavy (non-hydrogen) atoms. The van der Waals surface area contributed by atoms with Crippen LogP contribution in [0, 0.1) is 11.6 Å². The summed E-state index contributed by atoms with van der Waals surface area (Å²) in [6.45, 7) is 0. The molecule has 5 heteroatoms. The van der Waals surface area contributed by atoms with Crippen molar-refractivity contribution < 1.29 is 13.9 Å². The Morgan fingerprint density at radius 2 is 1.72 bits per heavy atom. The number of aliphatic hydroxyl groups is 1. The lowest BCUT2D eigenvalue weighted by molar-refractivity contribution is 0.219. The number of hydrogen-bond donors (Lipinski definition) is 1. The molecule has 0 saturated carbocycles. The average molecular weight is 334 g/mol. The molecule has 0 spiro atoms. The standard InChI is InChI=1S/C13H8BrClF2O/c14-9-3-8(4-10(15)6-9)13(18)7-1-2-11(16)12(17)5-7/h1-6,13,18H. The maximum atomic E-state index is 13.1. The van der Waals surface area contributed by atoms with Gasteiger partial charge in [0.1, 0.15) is 6.10 Å². The third kappa shape index (κ3) is 2.88. The summed E-state index contributed by atoms with van der Waals surface area (Å²) < 4.78 is 26.6. The van der Waals surface area contributed by atoms with Crippen molar-refractivity contribution in [2.45, 2.75) is 6.10 Å². The van der Waals surface area contributed by atoms with Crippen molar-refractivity contribution in [2.24, 2.45) is 0 Å². The first-order valence-corrected chi connectivity index (χ1v) is 6.23. The molecule has 94 valence electrons. The third-order valence-electron chi connectivity index (χ3n) is 2.46. The summed E-state index contributed by atoms with van der Waals surface area (Å²) in [6.07, 6.45) is -1.06. The zero-order valence-electron chi connectivity index (χ0n) is 9.00. The van der Waals surface area contributed by atoms with Crippen molar-refractivity contribution in [3.05, 3.63) is 68.7 Å². The molecule has 0 heterocycles. The summed E-state index contributed by atoms with van der Waals surface area (Å²) in [7, 11) is 0. The topological polar surface area (TPSA) is 20.2 Å². The maximum absolute atomic E-state index is 13.1. The van der Waals surface area contributed by atoms with E-state index in [-0.39, 0.29) is 5.56 Å². The molecule has 2 rings (SSSR count). The average Bonchev–Trinajstić information content (AvgIpc) is 2.30. The minimum Gasteiger partial charge on any atom is -0.384 e. The fourth-order valence-corrected chi connectivity index (χ4v) is 2.49. The highest BCUT2D eigenvalue weighted by atomic mass is 79.9. The molecule has 0 aromatic heterocycles. The normalized spacial score (nSPS) is 12.5. The summed E-state index contributed by atoms with van der Waals surface area (Å²) in [5.74, 6) is -1.94. The van der Waals surface area contributed by atoms with Crippen LogP contribution in [-0.4, -0.2) is 5.11 Å². The number of benzene rings is 2. The first kappa shape index (κ1) is 13.5. The van der Waals surface area contributed by atoms with Gasteiger partial charge in [0, 0.05) is 9.50 Å². The molecule has 0 aliphatic heterocycles. The van der Waals surface area contributed by atoms with E-state index in [1.54, 1.807) is 18.2 Å². The van der Waals surface area contributed by atoms with Crippen LogP contribution < -0.4 is 0 Å². The summed E-state index contributed by atoms with van der Waals surface area (Å²) in [6, 6.07) is 8.18. The predicted octanol–water partition coefficient (Wildman–Crippen LogP) is 4.46. The molecule has 0 fully saturated rings. The van der Waals surface area contributed by atoms with Crippen LogP contribution in [0.3, 0.4) is 0 Å². The Morgan fingerprint density at radius 1 is 1.00 bits per heavy atom. The second-order valence-electron chi connectivity index (χ2n) is 3.78. The number of halogens is 4. The van der Waals surface area contributed by atoms with Gasteiger partial charge in [-0.25, -0.2) is 8.78 Å². The van der Waals surface area contributed by atoms with E-state index in [9.17, 15) is 13.9 Å².